The Kier molecular flexibility index (Phi) is 9.96. The van der Waals surface area contributed by atoms with Crippen molar-refractivity contribution in [2.75, 3.05) is 6.61 Å². The maximum Gasteiger partial charge on any atom is 0.312 e. The number of carbonyl (C=O) groups excluding carboxylic acids is 1. The molecule has 31 heavy (non-hydrogen) atoms. The molecule has 0 aliphatic carbocycles. The monoisotopic (exact) mass is 440 g/mol. The van der Waals surface area contributed by atoms with Crippen LogP contribution in [-0.2, 0) is 14.3 Å². The molecule has 0 bridgehead atoms. The summed E-state index contributed by atoms with van der Waals surface area (Å²) in [5.74, 6) is -0.101. The smallest absolute Gasteiger partial charge is 0.312 e. The van der Waals surface area contributed by atoms with Crippen LogP contribution in [0.2, 0.25) is 0 Å². The molecule has 3 heteroatoms. The molecule has 0 N–H and O–H groups in total. The van der Waals surface area contributed by atoms with Crippen LogP contribution >= 0.6 is 0 Å². The van der Waals surface area contributed by atoms with Crippen molar-refractivity contribution < 1.29 is 14.3 Å². The normalized spacial score (nSPS) is 17.3. The topological polar surface area (TPSA) is 35.5 Å². The predicted octanol–water partition coefficient (Wildman–Crippen LogP) is 8.44. The molecule has 0 amide bonds. The van der Waals surface area contributed by atoms with E-state index in [0.29, 0.717) is 0 Å². The molecule has 0 fully saturated rings. The molecule has 0 saturated heterocycles. The largest absolute Gasteiger partial charge is 0.460 e. The predicted molar refractivity (Wildman–Crippen MR) is 134 cm³/mol. The van der Waals surface area contributed by atoms with Crippen molar-refractivity contribution in [1.82, 2.24) is 0 Å². The van der Waals surface area contributed by atoms with Crippen LogP contribution < -0.4 is 0 Å². The van der Waals surface area contributed by atoms with Gasteiger partial charge in [-0.05, 0) is 68.6 Å². The number of rotatable bonds is 10. The van der Waals surface area contributed by atoms with E-state index in [1.807, 2.05) is 20.8 Å². The van der Waals surface area contributed by atoms with Gasteiger partial charge in [0.05, 0.1) is 11.5 Å². The van der Waals surface area contributed by atoms with Gasteiger partial charge in [0.2, 0.25) is 0 Å². The fourth-order valence-electron chi connectivity index (χ4n) is 4.03. The van der Waals surface area contributed by atoms with E-state index in [4.69, 9.17) is 9.47 Å². The minimum atomic E-state index is -0.614. The summed E-state index contributed by atoms with van der Waals surface area (Å²) in [4.78, 5) is 13.5. The Labute approximate surface area is 195 Å². The highest BCUT2D eigenvalue weighted by atomic mass is 16.6. The van der Waals surface area contributed by atoms with E-state index in [-0.39, 0.29) is 33.7 Å². The lowest BCUT2D eigenvalue weighted by Crippen LogP contribution is -2.52. The Bertz CT molecular complexity index is 567. The second-order valence-corrected chi connectivity index (χ2v) is 14.3. The maximum absolute atomic E-state index is 13.5. The van der Waals surface area contributed by atoms with Gasteiger partial charge in [-0.3, -0.25) is 4.79 Å². The number of ether oxygens (including phenoxy) is 2. The van der Waals surface area contributed by atoms with Crippen LogP contribution in [0.4, 0.5) is 0 Å². The van der Waals surface area contributed by atoms with Crippen LogP contribution in [0.1, 0.15) is 130 Å². The molecule has 0 aromatic heterocycles. The number of esters is 1. The average Bonchev–Trinajstić information content (AvgIpc) is 2.49. The molecule has 0 aromatic rings. The van der Waals surface area contributed by atoms with Crippen LogP contribution in [0.5, 0.6) is 0 Å². The second kappa shape index (κ2) is 10.1. The molecule has 0 heterocycles. The first-order valence-electron chi connectivity index (χ1n) is 12.4. The molecule has 0 aliphatic heterocycles. The molecule has 0 aliphatic rings. The van der Waals surface area contributed by atoms with Gasteiger partial charge in [0.15, 0.2) is 0 Å². The molecule has 3 nitrogen and oxygen atoms in total. The minimum Gasteiger partial charge on any atom is -0.460 e. The van der Waals surface area contributed by atoms with Crippen molar-refractivity contribution in [1.29, 1.82) is 0 Å². The van der Waals surface area contributed by atoms with Crippen molar-refractivity contribution >= 4 is 5.97 Å². The van der Waals surface area contributed by atoms with Gasteiger partial charge in [-0.15, -0.1) is 0 Å². The molecule has 2 unspecified atom stereocenters. The van der Waals surface area contributed by atoms with Gasteiger partial charge in [-0.1, -0.05) is 82.6 Å². The highest BCUT2D eigenvalue weighted by Gasteiger charge is 2.54. The number of hydrogen-bond donors (Lipinski definition) is 0. The summed E-state index contributed by atoms with van der Waals surface area (Å²) in [5.41, 5.74) is -1.44. The van der Waals surface area contributed by atoms with Crippen molar-refractivity contribution in [2.45, 2.75) is 141 Å². The van der Waals surface area contributed by atoms with Crippen LogP contribution in [0.25, 0.3) is 0 Å². The Balaban J connectivity index is 6.12. The summed E-state index contributed by atoms with van der Waals surface area (Å²) in [5, 5.41) is 0. The Hall–Kier alpha value is -0.570. The number of hydrogen-bond acceptors (Lipinski definition) is 3. The van der Waals surface area contributed by atoms with Gasteiger partial charge < -0.3 is 9.47 Å². The third kappa shape index (κ3) is 8.71. The van der Waals surface area contributed by atoms with Crippen molar-refractivity contribution in [2.24, 2.45) is 27.1 Å². The fraction of sp³-hybridized carbons (Fsp3) is 0.964. The van der Waals surface area contributed by atoms with E-state index in [1.165, 1.54) is 0 Å². The molecular weight excluding hydrogens is 384 g/mol. The Morgan fingerprint density at radius 1 is 0.806 bits per heavy atom. The second-order valence-electron chi connectivity index (χ2n) is 14.3. The molecule has 0 saturated carbocycles. The first kappa shape index (κ1) is 30.4. The lowest BCUT2D eigenvalue weighted by Gasteiger charge is -2.53. The fourth-order valence-corrected chi connectivity index (χ4v) is 4.03. The summed E-state index contributed by atoms with van der Waals surface area (Å²) in [6.07, 6.45) is 4.06. The van der Waals surface area contributed by atoms with Crippen molar-refractivity contribution in [3.8, 4) is 0 Å². The molecule has 0 aromatic carbocycles. The van der Waals surface area contributed by atoms with Crippen LogP contribution in [0.15, 0.2) is 0 Å². The summed E-state index contributed by atoms with van der Waals surface area (Å²) < 4.78 is 12.5. The lowest BCUT2D eigenvalue weighted by atomic mass is 9.53. The molecule has 0 rings (SSSR count). The van der Waals surface area contributed by atoms with E-state index < -0.39 is 11.0 Å². The van der Waals surface area contributed by atoms with Crippen molar-refractivity contribution in [3.05, 3.63) is 0 Å². The molecule has 0 spiro atoms. The maximum atomic E-state index is 13.5. The summed E-state index contributed by atoms with van der Waals surface area (Å²) in [6, 6.07) is 0. The van der Waals surface area contributed by atoms with Gasteiger partial charge in [0.25, 0.3) is 0 Å². The van der Waals surface area contributed by atoms with Crippen molar-refractivity contribution in [3.63, 3.8) is 0 Å². The van der Waals surface area contributed by atoms with Gasteiger partial charge in [-0.2, -0.15) is 0 Å². The van der Waals surface area contributed by atoms with Gasteiger partial charge in [0, 0.05) is 6.61 Å². The zero-order valence-corrected chi connectivity index (χ0v) is 23.8. The average molecular weight is 441 g/mol. The van der Waals surface area contributed by atoms with Gasteiger partial charge in [0.1, 0.15) is 5.60 Å². The third-order valence-corrected chi connectivity index (χ3v) is 7.46. The molecular formula is C28H56O3. The quantitative estimate of drug-likeness (QED) is 0.252. The standard InChI is InChI=1S/C28H56O3/c1-16-17-18-30-21(19-23(2,3)4)27(13,14)26(11,12)20-28(15,24(5,6)7)22(29)31-25(8,9)10/h21H,16-20H2,1-15H3. The Morgan fingerprint density at radius 2 is 1.29 bits per heavy atom. The van der Waals surface area contributed by atoms with E-state index in [2.05, 4.69) is 83.1 Å². The Morgan fingerprint density at radius 3 is 1.65 bits per heavy atom. The van der Waals surface area contributed by atoms with E-state index in [9.17, 15) is 4.79 Å². The first-order chi connectivity index (χ1) is 13.5. The summed E-state index contributed by atoms with van der Waals surface area (Å²) in [7, 11) is 0. The highest BCUT2D eigenvalue weighted by molar-refractivity contribution is 5.78. The van der Waals surface area contributed by atoms with E-state index in [0.717, 1.165) is 32.3 Å². The molecule has 186 valence electrons. The van der Waals surface area contributed by atoms with Gasteiger partial charge >= 0.3 is 5.97 Å². The van der Waals surface area contributed by atoms with Gasteiger partial charge in [-0.25, -0.2) is 0 Å². The zero-order valence-electron chi connectivity index (χ0n) is 23.8. The van der Waals surface area contributed by atoms with Crippen LogP contribution in [-0.4, -0.2) is 24.3 Å². The molecule has 2 atom stereocenters. The van der Waals surface area contributed by atoms with E-state index in [1.54, 1.807) is 0 Å². The number of carbonyl (C=O) groups is 1. The van der Waals surface area contributed by atoms with E-state index >= 15 is 0 Å². The number of unbranched alkanes of at least 4 members (excludes halogenated alkanes) is 1. The highest BCUT2D eigenvalue weighted by Crippen LogP contribution is 2.56. The first-order valence-corrected chi connectivity index (χ1v) is 12.4. The SMILES string of the molecule is CCCCOC(CC(C)(C)C)C(C)(C)C(C)(C)CC(C)(C(=O)OC(C)(C)C)C(C)(C)C. The lowest BCUT2D eigenvalue weighted by molar-refractivity contribution is -0.181. The summed E-state index contributed by atoms with van der Waals surface area (Å²) in [6.45, 7) is 33.5. The summed E-state index contributed by atoms with van der Waals surface area (Å²) >= 11 is 0. The zero-order chi connectivity index (χ0) is 25.1. The minimum absolute atomic E-state index is 0.101. The van der Waals surface area contributed by atoms with Crippen LogP contribution in [0.3, 0.4) is 0 Å². The van der Waals surface area contributed by atoms with Crippen LogP contribution in [0, 0.1) is 27.1 Å². The molecule has 0 radical (unpaired) electrons. The third-order valence-electron chi connectivity index (χ3n) is 7.46.